The van der Waals surface area contributed by atoms with E-state index in [1.165, 1.54) is 32.4 Å². The van der Waals surface area contributed by atoms with Crippen LogP contribution in [0.25, 0.3) is 6.08 Å². The minimum Gasteiger partial charge on any atom is -0.466 e. The highest BCUT2D eigenvalue weighted by Gasteiger charge is 1.99. The molecule has 1 aliphatic carbocycles. The summed E-state index contributed by atoms with van der Waals surface area (Å²) >= 11 is 11.9. The minimum atomic E-state index is -0.407. The van der Waals surface area contributed by atoms with Crippen molar-refractivity contribution < 1.29 is 9.53 Å². The van der Waals surface area contributed by atoms with E-state index in [0.717, 1.165) is 5.56 Å². The molecule has 1 fully saturated rings. The number of hydrogen-bond donors (Lipinski definition) is 0. The number of ether oxygens (including phenoxy) is 1. The molecule has 102 valence electrons. The Hall–Kier alpha value is -1.25. The van der Waals surface area contributed by atoms with Crippen LogP contribution in [0.5, 0.6) is 0 Å². The van der Waals surface area contributed by atoms with E-state index >= 15 is 0 Å². The largest absolute Gasteiger partial charge is 0.466 e. The Balaban J connectivity index is 0.000000524. The van der Waals surface area contributed by atoms with Crippen molar-refractivity contribution in [2.24, 2.45) is 0 Å². The Morgan fingerprint density at radius 2 is 1.74 bits per heavy atom. The molecule has 0 saturated heterocycles. The van der Waals surface area contributed by atoms with Gasteiger partial charge in [0.25, 0.3) is 0 Å². The number of esters is 1. The van der Waals surface area contributed by atoms with Crippen LogP contribution in [0.15, 0.2) is 36.4 Å². The van der Waals surface area contributed by atoms with Crippen LogP contribution >= 0.6 is 23.2 Å². The molecule has 0 radical (unpaired) electrons. The number of hydrogen-bond acceptors (Lipinski definition) is 2. The standard InChI is InChI=1S/C12H10Cl2O2.C3H6/c1-16-12(15)8-3-2-5-9-10(13)6-4-7-11(9)14;1-2-3-1/h2-8H,1H3;1-3H2. The molecular formula is C15H16Cl2O2. The van der Waals surface area contributed by atoms with E-state index in [0.29, 0.717) is 10.0 Å². The summed E-state index contributed by atoms with van der Waals surface area (Å²) in [6.45, 7) is 0. The average Bonchev–Trinajstić information content (AvgIpc) is 3.25. The highest BCUT2D eigenvalue weighted by atomic mass is 35.5. The van der Waals surface area contributed by atoms with Crippen LogP contribution in [-0.2, 0) is 9.53 Å². The van der Waals surface area contributed by atoms with Crippen LogP contribution in [0.2, 0.25) is 10.0 Å². The van der Waals surface area contributed by atoms with Crippen LogP contribution in [0.3, 0.4) is 0 Å². The minimum absolute atomic E-state index is 0.407. The molecule has 0 N–H and O–H groups in total. The number of halogens is 2. The summed E-state index contributed by atoms with van der Waals surface area (Å²) in [4.78, 5) is 10.8. The van der Waals surface area contributed by atoms with Crippen molar-refractivity contribution in [2.45, 2.75) is 19.3 Å². The first kappa shape index (κ1) is 15.8. The van der Waals surface area contributed by atoms with Gasteiger partial charge in [-0.05, 0) is 12.1 Å². The smallest absolute Gasteiger partial charge is 0.330 e. The Bertz CT molecular complexity index is 454. The maximum absolute atomic E-state index is 10.8. The molecule has 4 heteroatoms. The van der Waals surface area contributed by atoms with Gasteiger partial charge in [0.05, 0.1) is 7.11 Å². The lowest BCUT2D eigenvalue weighted by molar-refractivity contribution is -0.134. The second-order valence-corrected chi connectivity index (χ2v) is 4.75. The van der Waals surface area contributed by atoms with Crippen molar-refractivity contribution in [1.82, 2.24) is 0 Å². The van der Waals surface area contributed by atoms with Crippen LogP contribution < -0.4 is 0 Å². The molecule has 2 nitrogen and oxygen atoms in total. The highest BCUT2D eigenvalue weighted by Crippen LogP contribution is 2.25. The average molecular weight is 299 g/mol. The molecule has 0 aliphatic heterocycles. The van der Waals surface area contributed by atoms with Gasteiger partial charge in [0.1, 0.15) is 0 Å². The van der Waals surface area contributed by atoms with E-state index < -0.39 is 5.97 Å². The lowest BCUT2D eigenvalue weighted by atomic mass is 10.2. The fraction of sp³-hybridized carbons (Fsp3) is 0.267. The third-order valence-corrected chi connectivity index (χ3v) is 2.82. The Morgan fingerprint density at radius 3 is 2.21 bits per heavy atom. The van der Waals surface area contributed by atoms with E-state index in [4.69, 9.17) is 23.2 Å². The molecule has 0 amide bonds. The fourth-order valence-corrected chi connectivity index (χ4v) is 1.55. The van der Waals surface area contributed by atoms with E-state index in [1.54, 1.807) is 36.4 Å². The molecule has 2 rings (SSSR count). The summed E-state index contributed by atoms with van der Waals surface area (Å²) in [5.41, 5.74) is 0.723. The van der Waals surface area contributed by atoms with Gasteiger partial charge in [-0.15, -0.1) is 0 Å². The zero-order valence-corrected chi connectivity index (χ0v) is 12.2. The Morgan fingerprint density at radius 1 is 1.16 bits per heavy atom. The fourth-order valence-electron chi connectivity index (χ4n) is 1.02. The Kier molecular flexibility index (Phi) is 7.31. The summed E-state index contributed by atoms with van der Waals surface area (Å²) in [5.74, 6) is -0.407. The van der Waals surface area contributed by atoms with E-state index in [-0.39, 0.29) is 0 Å². The van der Waals surface area contributed by atoms with Gasteiger partial charge in [0.2, 0.25) is 0 Å². The summed E-state index contributed by atoms with van der Waals surface area (Å²) in [7, 11) is 1.32. The van der Waals surface area contributed by atoms with Gasteiger partial charge in [-0.2, -0.15) is 0 Å². The first-order valence-electron chi connectivity index (χ1n) is 6.02. The maximum atomic E-state index is 10.8. The van der Waals surface area contributed by atoms with Gasteiger partial charge in [-0.25, -0.2) is 4.79 Å². The zero-order valence-electron chi connectivity index (χ0n) is 10.7. The second-order valence-electron chi connectivity index (χ2n) is 3.94. The predicted octanol–water partition coefficient (Wildman–Crippen LogP) is 4.91. The SMILES string of the molecule is C1CC1.COC(=O)C=CC=Cc1c(Cl)cccc1Cl. The summed E-state index contributed by atoms with van der Waals surface area (Å²) in [5, 5.41) is 1.13. The number of rotatable bonds is 3. The molecule has 0 heterocycles. The van der Waals surface area contributed by atoms with Gasteiger partial charge >= 0.3 is 5.97 Å². The lowest BCUT2D eigenvalue weighted by Crippen LogP contribution is -1.92. The number of benzene rings is 1. The van der Waals surface area contributed by atoms with E-state index in [1.807, 2.05) is 0 Å². The van der Waals surface area contributed by atoms with Crippen molar-refractivity contribution in [1.29, 1.82) is 0 Å². The zero-order chi connectivity index (χ0) is 14.1. The van der Waals surface area contributed by atoms with Crippen molar-refractivity contribution in [3.63, 3.8) is 0 Å². The lowest BCUT2D eigenvalue weighted by Gasteiger charge is -1.99. The van der Waals surface area contributed by atoms with Crippen molar-refractivity contribution in [3.8, 4) is 0 Å². The van der Waals surface area contributed by atoms with Gasteiger partial charge in [0, 0.05) is 21.7 Å². The van der Waals surface area contributed by atoms with Crippen LogP contribution in [0.1, 0.15) is 24.8 Å². The molecule has 0 bridgehead atoms. The molecule has 1 aromatic rings. The second kappa shape index (κ2) is 8.78. The van der Waals surface area contributed by atoms with Gasteiger partial charge in [0.15, 0.2) is 0 Å². The van der Waals surface area contributed by atoms with Crippen molar-refractivity contribution in [2.75, 3.05) is 7.11 Å². The number of methoxy groups -OCH3 is 1. The molecule has 1 aliphatic rings. The molecule has 19 heavy (non-hydrogen) atoms. The van der Waals surface area contributed by atoms with Crippen molar-refractivity contribution >= 4 is 35.2 Å². The van der Waals surface area contributed by atoms with E-state index in [9.17, 15) is 4.79 Å². The number of carbonyl (C=O) groups excluding carboxylic acids is 1. The first-order valence-corrected chi connectivity index (χ1v) is 6.77. The van der Waals surface area contributed by atoms with Crippen LogP contribution in [-0.4, -0.2) is 13.1 Å². The normalized spacial score (nSPS) is 13.2. The van der Waals surface area contributed by atoms with Gasteiger partial charge < -0.3 is 4.74 Å². The predicted molar refractivity (Wildman–Crippen MR) is 80.5 cm³/mol. The van der Waals surface area contributed by atoms with Crippen molar-refractivity contribution in [3.05, 3.63) is 52.0 Å². The molecular weight excluding hydrogens is 283 g/mol. The van der Waals surface area contributed by atoms with Gasteiger partial charge in [-0.1, -0.05) is 66.8 Å². The maximum Gasteiger partial charge on any atom is 0.330 e. The third kappa shape index (κ3) is 7.04. The quantitative estimate of drug-likeness (QED) is 0.450. The van der Waals surface area contributed by atoms with E-state index in [2.05, 4.69) is 4.74 Å². The highest BCUT2D eigenvalue weighted by molar-refractivity contribution is 6.37. The molecule has 1 saturated carbocycles. The summed E-state index contributed by atoms with van der Waals surface area (Å²) in [6, 6.07) is 5.26. The molecule has 0 atom stereocenters. The van der Waals surface area contributed by atoms with Crippen LogP contribution in [0, 0.1) is 0 Å². The summed E-state index contributed by atoms with van der Waals surface area (Å²) in [6.07, 6.45) is 10.8. The Labute approximate surface area is 123 Å². The number of allylic oxidation sites excluding steroid dienone is 2. The molecule has 0 aromatic heterocycles. The molecule has 0 unspecified atom stereocenters. The first-order chi connectivity index (χ1) is 9.15. The third-order valence-electron chi connectivity index (χ3n) is 2.16. The molecule has 1 aromatic carbocycles. The topological polar surface area (TPSA) is 26.3 Å². The molecule has 0 spiro atoms. The van der Waals surface area contributed by atoms with Crippen LogP contribution in [0.4, 0.5) is 0 Å². The number of carbonyl (C=O) groups is 1. The summed E-state index contributed by atoms with van der Waals surface area (Å²) < 4.78 is 4.44. The van der Waals surface area contributed by atoms with Gasteiger partial charge in [-0.3, -0.25) is 0 Å². The monoisotopic (exact) mass is 298 g/mol.